The lowest BCUT2D eigenvalue weighted by atomic mass is 10.4. The van der Waals surface area contributed by atoms with Gasteiger partial charge in [0.05, 0.1) is 12.4 Å². The Kier molecular flexibility index (Phi) is 7.43. The lowest BCUT2D eigenvalue weighted by Gasteiger charge is -2.20. The summed E-state index contributed by atoms with van der Waals surface area (Å²) in [5.74, 6) is -1.09. The number of ether oxygens (including phenoxy) is 1. The van der Waals surface area contributed by atoms with Gasteiger partial charge in [0.1, 0.15) is 6.54 Å². The number of aliphatic carboxylic acids is 1. The standard InChI is InChI=1S/C13H16ClNO4S/c1-19-7-6-15(8-13(17)18)12(16)9-20-11-4-2-10(14)3-5-11/h2-5H,6-9H2,1H3,(H,17,18). The second-order valence-electron chi connectivity index (χ2n) is 3.94. The second-order valence-corrected chi connectivity index (χ2v) is 5.43. The van der Waals surface area contributed by atoms with Crippen LogP contribution >= 0.6 is 23.4 Å². The predicted octanol–water partition coefficient (Wildman–Crippen LogP) is 1.99. The van der Waals surface area contributed by atoms with Crippen LogP contribution in [-0.4, -0.2) is 54.4 Å². The van der Waals surface area contributed by atoms with Crippen molar-refractivity contribution in [3.63, 3.8) is 0 Å². The molecule has 7 heteroatoms. The highest BCUT2D eigenvalue weighted by molar-refractivity contribution is 8.00. The third-order valence-electron chi connectivity index (χ3n) is 2.42. The van der Waals surface area contributed by atoms with Crippen molar-refractivity contribution in [3.05, 3.63) is 29.3 Å². The summed E-state index contributed by atoms with van der Waals surface area (Å²) in [5, 5.41) is 9.42. The predicted molar refractivity (Wildman–Crippen MR) is 78.3 cm³/mol. The molecule has 20 heavy (non-hydrogen) atoms. The smallest absolute Gasteiger partial charge is 0.323 e. The van der Waals surface area contributed by atoms with Crippen molar-refractivity contribution in [2.45, 2.75) is 4.90 Å². The number of rotatable bonds is 8. The van der Waals surface area contributed by atoms with Crippen molar-refractivity contribution in [2.75, 3.05) is 32.6 Å². The molecule has 5 nitrogen and oxygen atoms in total. The first kappa shape index (κ1) is 16.8. The zero-order chi connectivity index (χ0) is 15.0. The van der Waals surface area contributed by atoms with Gasteiger partial charge in [-0.15, -0.1) is 11.8 Å². The zero-order valence-corrected chi connectivity index (χ0v) is 12.6. The lowest BCUT2D eigenvalue weighted by Crippen LogP contribution is -2.39. The molecule has 1 aromatic rings. The number of carbonyl (C=O) groups excluding carboxylic acids is 1. The first-order chi connectivity index (χ1) is 9.52. The average molecular weight is 318 g/mol. The Morgan fingerprint density at radius 1 is 1.35 bits per heavy atom. The van der Waals surface area contributed by atoms with E-state index in [4.69, 9.17) is 21.4 Å². The van der Waals surface area contributed by atoms with Crippen LogP contribution < -0.4 is 0 Å². The van der Waals surface area contributed by atoms with Crippen molar-refractivity contribution < 1.29 is 19.4 Å². The lowest BCUT2D eigenvalue weighted by molar-refractivity contribution is -0.143. The van der Waals surface area contributed by atoms with E-state index in [0.717, 1.165) is 4.90 Å². The fourth-order valence-corrected chi connectivity index (χ4v) is 2.35. The normalized spacial score (nSPS) is 10.3. The molecule has 1 amide bonds. The van der Waals surface area contributed by atoms with E-state index in [0.29, 0.717) is 11.6 Å². The molecule has 0 aromatic heterocycles. The van der Waals surface area contributed by atoms with Crippen LogP contribution in [0.1, 0.15) is 0 Å². The molecule has 0 aliphatic carbocycles. The van der Waals surface area contributed by atoms with Crippen LogP contribution in [0.15, 0.2) is 29.2 Å². The molecule has 1 N–H and O–H groups in total. The number of halogens is 1. The average Bonchev–Trinajstić information content (AvgIpc) is 2.42. The molecule has 0 spiro atoms. The molecule has 0 saturated carbocycles. The summed E-state index contributed by atoms with van der Waals surface area (Å²) in [4.78, 5) is 24.9. The van der Waals surface area contributed by atoms with E-state index in [-0.39, 0.29) is 24.7 Å². The third kappa shape index (κ3) is 6.27. The Morgan fingerprint density at radius 3 is 2.55 bits per heavy atom. The van der Waals surface area contributed by atoms with Gasteiger partial charge in [-0.2, -0.15) is 0 Å². The van der Waals surface area contributed by atoms with Gasteiger partial charge in [0.25, 0.3) is 0 Å². The van der Waals surface area contributed by atoms with Gasteiger partial charge in [-0.25, -0.2) is 0 Å². The molecule has 0 unspecified atom stereocenters. The summed E-state index contributed by atoms with van der Waals surface area (Å²) < 4.78 is 4.87. The Morgan fingerprint density at radius 2 is 2.00 bits per heavy atom. The van der Waals surface area contributed by atoms with Gasteiger partial charge in [-0.3, -0.25) is 9.59 Å². The highest BCUT2D eigenvalue weighted by Gasteiger charge is 2.16. The number of hydrogen-bond acceptors (Lipinski definition) is 4. The molecular weight excluding hydrogens is 302 g/mol. The fraction of sp³-hybridized carbons (Fsp3) is 0.385. The summed E-state index contributed by atoms with van der Waals surface area (Å²) >= 11 is 7.12. The third-order valence-corrected chi connectivity index (χ3v) is 3.67. The van der Waals surface area contributed by atoms with E-state index in [2.05, 4.69) is 0 Å². The maximum atomic E-state index is 12.0. The summed E-state index contributed by atoms with van der Waals surface area (Å²) in [6.07, 6.45) is 0. The molecular formula is C13H16ClNO4S. The van der Waals surface area contributed by atoms with Crippen molar-refractivity contribution in [1.29, 1.82) is 0 Å². The van der Waals surface area contributed by atoms with Crippen LogP contribution in [-0.2, 0) is 14.3 Å². The molecule has 0 aliphatic heterocycles. The molecule has 110 valence electrons. The summed E-state index contributed by atoms with van der Waals surface area (Å²) in [6, 6.07) is 7.12. The Balaban J connectivity index is 2.51. The van der Waals surface area contributed by atoms with Gasteiger partial charge < -0.3 is 14.7 Å². The van der Waals surface area contributed by atoms with Crippen molar-refractivity contribution in [3.8, 4) is 0 Å². The van der Waals surface area contributed by atoms with E-state index in [9.17, 15) is 9.59 Å². The van der Waals surface area contributed by atoms with E-state index >= 15 is 0 Å². The van der Waals surface area contributed by atoms with E-state index in [1.807, 2.05) is 12.1 Å². The highest BCUT2D eigenvalue weighted by atomic mass is 35.5. The SMILES string of the molecule is COCCN(CC(=O)O)C(=O)CSc1ccc(Cl)cc1. The Bertz CT molecular complexity index is 452. The monoisotopic (exact) mass is 317 g/mol. The van der Waals surface area contributed by atoms with Gasteiger partial charge in [0.15, 0.2) is 0 Å². The van der Waals surface area contributed by atoms with E-state index in [1.165, 1.54) is 23.8 Å². The van der Waals surface area contributed by atoms with Crippen LogP contribution in [0.25, 0.3) is 0 Å². The first-order valence-corrected chi connectivity index (χ1v) is 7.26. The van der Waals surface area contributed by atoms with Crippen molar-refractivity contribution in [1.82, 2.24) is 4.90 Å². The minimum atomic E-state index is -1.04. The van der Waals surface area contributed by atoms with Crippen LogP contribution in [0, 0.1) is 0 Å². The van der Waals surface area contributed by atoms with Crippen LogP contribution in [0.2, 0.25) is 5.02 Å². The first-order valence-electron chi connectivity index (χ1n) is 5.90. The van der Waals surface area contributed by atoms with Gasteiger partial charge in [0, 0.05) is 23.6 Å². The topological polar surface area (TPSA) is 66.8 Å². The molecule has 0 radical (unpaired) electrons. The maximum absolute atomic E-state index is 12.0. The summed E-state index contributed by atoms with van der Waals surface area (Å²) in [7, 11) is 1.51. The van der Waals surface area contributed by atoms with Crippen LogP contribution in [0.4, 0.5) is 0 Å². The number of carboxylic acid groups (broad SMARTS) is 1. The Labute approximate surface area is 126 Å². The number of hydrogen-bond donors (Lipinski definition) is 1. The highest BCUT2D eigenvalue weighted by Crippen LogP contribution is 2.20. The minimum Gasteiger partial charge on any atom is -0.480 e. The van der Waals surface area contributed by atoms with E-state index in [1.54, 1.807) is 12.1 Å². The van der Waals surface area contributed by atoms with Gasteiger partial charge in [0.2, 0.25) is 5.91 Å². The number of thioether (sulfide) groups is 1. The molecule has 0 bridgehead atoms. The molecule has 0 aliphatic rings. The van der Waals surface area contributed by atoms with Crippen molar-refractivity contribution >= 4 is 35.2 Å². The van der Waals surface area contributed by atoms with Crippen LogP contribution in [0.5, 0.6) is 0 Å². The van der Waals surface area contributed by atoms with Crippen molar-refractivity contribution in [2.24, 2.45) is 0 Å². The molecule has 0 atom stereocenters. The maximum Gasteiger partial charge on any atom is 0.323 e. The number of methoxy groups -OCH3 is 1. The molecule has 0 saturated heterocycles. The van der Waals surface area contributed by atoms with E-state index < -0.39 is 5.97 Å². The summed E-state index contributed by atoms with van der Waals surface area (Å²) in [6.45, 7) is 0.261. The number of carbonyl (C=O) groups is 2. The molecule has 0 fully saturated rings. The van der Waals surface area contributed by atoms with Gasteiger partial charge in [-0.05, 0) is 24.3 Å². The number of amides is 1. The number of carboxylic acids is 1. The minimum absolute atomic E-state index is 0.179. The number of benzene rings is 1. The molecule has 1 aromatic carbocycles. The molecule has 1 rings (SSSR count). The summed E-state index contributed by atoms with van der Waals surface area (Å²) in [5.41, 5.74) is 0. The largest absolute Gasteiger partial charge is 0.480 e. The molecule has 0 heterocycles. The van der Waals surface area contributed by atoms with Gasteiger partial charge >= 0.3 is 5.97 Å². The quantitative estimate of drug-likeness (QED) is 0.743. The Hall–Kier alpha value is -1.24. The fourth-order valence-electron chi connectivity index (χ4n) is 1.42. The number of nitrogens with zero attached hydrogens (tertiary/aromatic N) is 1. The zero-order valence-electron chi connectivity index (χ0n) is 11.0. The van der Waals surface area contributed by atoms with Crippen LogP contribution in [0.3, 0.4) is 0 Å². The van der Waals surface area contributed by atoms with Gasteiger partial charge in [-0.1, -0.05) is 11.6 Å². The second kappa shape index (κ2) is 8.84.